The summed E-state index contributed by atoms with van der Waals surface area (Å²) in [6.45, 7) is 5.55. The lowest BCUT2D eigenvalue weighted by Gasteiger charge is -2.39. The maximum atomic E-state index is 11.7. The van der Waals surface area contributed by atoms with Crippen molar-refractivity contribution in [3.8, 4) is 6.07 Å². The van der Waals surface area contributed by atoms with Gasteiger partial charge in [-0.3, -0.25) is 4.90 Å². The zero-order valence-corrected chi connectivity index (χ0v) is 16.2. The number of carbonyl (C=O) groups is 1. The third kappa shape index (κ3) is 3.98. The number of benzene rings is 1. The van der Waals surface area contributed by atoms with Gasteiger partial charge in [-0.15, -0.1) is 0 Å². The highest BCUT2D eigenvalue weighted by Crippen LogP contribution is 2.32. The summed E-state index contributed by atoms with van der Waals surface area (Å²) in [5, 5.41) is 9.83. The molecule has 0 spiro atoms. The number of ether oxygens (including phenoxy) is 1. The first-order chi connectivity index (χ1) is 12.5. The number of esters is 1. The summed E-state index contributed by atoms with van der Waals surface area (Å²) in [5.41, 5.74) is 1.86. The molecule has 1 fully saturated rings. The molecule has 0 radical (unpaired) electrons. The van der Waals surface area contributed by atoms with E-state index >= 15 is 0 Å². The standard InChI is InChI=1S/C18H19ClN4O2S/c1-12-10-22(11-14-5-3-13(9-20)4-6-14)7-8-23(12)18-21-16(19)15(26-18)17(24)25-2/h3-6,12H,7-8,10-11H2,1-2H3/t12-/m0/s1. The van der Waals surface area contributed by atoms with Crippen LogP contribution in [0.5, 0.6) is 0 Å². The molecule has 8 heteroatoms. The number of aromatic nitrogens is 1. The first kappa shape index (κ1) is 18.6. The molecule has 26 heavy (non-hydrogen) atoms. The van der Waals surface area contributed by atoms with Crippen molar-refractivity contribution in [3.05, 3.63) is 45.4 Å². The second kappa shape index (κ2) is 8.04. The van der Waals surface area contributed by atoms with Crippen LogP contribution in [-0.4, -0.2) is 48.6 Å². The largest absolute Gasteiger partial charge is 0.465 e. The Kier molecular flexibility index (Phi) is 5.77. The Morgan fingerprint density at radius 2 is 2.15 bits per heavy atom. The summed E-state index contributed by atoms with van der Waals surface area (Å²) in [7, 11) is 1.34. The minimum atomic E-state index is -0.453. The predicted octanol–water partition coefficient (Wildman–Crippen LogP) is 3.17. The van der Waals surface area contributed by atoms with Crippen molar-refractivity contribution in [2.24, 2.45) is 0 Å². The molecule has 0 aliphatic carbocycles. The number of hydrogen-bond acceptors (Lipinski definition) is 7. The van der Waals surface area contributed by atoms with Crippen LogP contribution >= 0.6 is 22.9 Å². The number of halogens is 1. The van der Waals surface area contributed by atoms with Crippen LogP contribution in [0.15, 0.2) is 24.3 Å². The van der Waals surface area contributed by atoms with E-state index in [1.807, 2.05) is 24.3 Å². The van der Waals surface area contributed by atoms with Crippen LogP contribution in [0.3, 0.4) is 0 Å². The third-order valence-electron chi connectivity index (χ3n) is 4.39. The molecule has 2 heterocycles. The molecule has 1 aromatic carbocycles. The molecule has 1 aromatic heterocycles. The number of hydrogen-bond donors (Lipinski definition) is 0. The van der Waals surface area contributed by atoms with Crippen LogP contribution in [-0.2, 0) is 11.3 Å². The lowest BCUT2D eigenvalue weighted by Crippen LogP contribution is -2.51. The van der Waals surface area contributed by atoms with E-state index in [9.17, 15) is 4.79 Å². The first-order valence-corrected chi connectivity index (χ1v) is 9.44. The van der Waals surface area contributed by atoms with Crippen molar-refractivity contribution in [2.45, 2.75) is 19.5 Å². The van der Waals surface area contributed by atoms with E-state index < -0.39 is 5.97 Å². The highest BCUT2D eigenvalue weighted by Gasteiger charge is 2.28. The Bertz CT molecular complexity index is 831. The fraction of sp³-hybridized carbons (Fsp3) is 0.389. The third-order valence-corrected chi connectivity index (χ3v) is 5.85. The van der Waals surface area contributed by atoms with E-state index in [0.29, 0.717) is 10.4 Å². The number of anilines is 1. The quantitative estimate of drug-likeness (QED) is 0.747. The van der Waals surface area contributed by atoms with Crippen LogP contribution in [0.2, 0.25) is 5.15 Å². The molecule has 1 aliphatic rings. The molecule has 0 bridgehead atoms. The second-order valence-electron chi connectivity index (χ2n) is 6.19. The predicted molar refractivity (Wildman–Crippen MR) is 102 cm³/mol. The number of carbonyl (C=O) groups excluding carboxylic acids is 1. The van der Waals surface area contributed by atoms with Crippen LogP contribution in [0.25, 0.3) is 0 Å². The molecule has 0 saturated carbocycles. The fourth-order valence-electron chi connectivity index (χ4n) is 3.04. The Morgan fingerprint density at radius 3 is 2.77 bits per heavy atom. The van der Waals surface area contributed by atoms with Gasteiger partial charge in [-0.1, -0.05) is 35.1 Å². The van der Waals surface area contributed by atoms with Gasteiger partial charge in [-0.25, -0.2) is 9.78 Å². The molecule has 136 valence electrons. The Labute approximate surface area is 161 Å². The van der Waals surface area contributed by atoms with Gasteiger partial charge in [-0.05, 0) is 24.6 Å². The molecular formula is C18H19ClN4O2S. The van der Waals surface area contributed by atoms with E-state index in [-0.39, 0.29) is 11.2 Å². The van der Waals surface area contributed by atoms with E-state index in [4.69, 9.17) is 21.6 Å². The van der Waals surface area contributed by atoms with E-state index in [1.165, 1.54) is 24.0 Å². The highest BCUT2D eigenvalue weighted by atomic mass is 35.5. The van der Waals surface area contributed by atoms with E-state index in [2.05, 4.69) is 27.8 Å². The number of piperazine rings is 1. The lowest BCUT2D eigenvalue weighted by atomic mass is 10.1. The number of nitrogens with zero attached hydrogens (tertiary/aromatic N) is 4. The van der Waals surface area contributed by atoms with Gasteiger partial charge in [0.05, 0.1) is 18.7 Å². The average molecular weight is 391 g/mol. The molecule has 0 unspecified atom stereocenters. The van der Waals surface area contributed by atoms with Crippen LogP contribution in [0, 0.1) is 11.3 Å². The second-order valence-corrected chi connectivity index (χ2v) is 7.53. The van der Waals surface area contributed by atoms with Crippen molar-refractivity contribution < 1.29 is 9.53 Å². The number of rotatable bonds is 4. The van der Waals surface area contributed by atoms with E-state index in [0.717, 1.165) is 31.3 Å². The number of nitriles is 1. The molecule has 1 aliphatic heterocycles. The van der Waals surface area contributed by atoms with Gasteiger partial charge in [0.25, 0.3) is 0 Å². The van der Waals surface area contributed by atoms with Crippen molar-refractivity contribution in [3.63, 3.8) is 0 Å². The molecule has 0 N–H and O–H groups in total. The van der Waals surface area contributed by atoms with Crippen molar-refractivity contribution in [1.82, 2.24) is 9.88 Å². The maximum absolute atomic E-state index is 11.7. The minimum Gasteiger partial charge on any atom is -0.465 e. The topological polar surface area (TPSA) is 69.5 Å². The molecule has 1 atom stereocenters. The highest BCUT2D eigenvalue weighted by molar-refractivity contribution is 7.18. The van der Waals surface area contributed by atoms with Crippen molar-refractivity contribution in [1.29, 1.82) is 5.26 Å². The Hall–Kier alpha value is -2.14. The summed E-state index contributed by atoms with van der Waals surface area (Å²) < 4.78 is 4.74. The van der Waals surface area contributed by atoms with Gasteiger partial charge >= 0.3 is 5.97 Å². The SMILES string of the molecule is COC(=O)c1sc(N2CCN(Cc3ccc(C#N)cc3)C[C@@H]2C)nc1Cl. The van der Waals surface area contributed by atoms with Crippen LogP contribution < -0.4 is 4.90 Å². The van der Waals surface area contributed by atoms with Crippen molar-refractivity contribution in [2.75, 3.05) is 31.6 Å². The molecule has 1 saturated heterocycles. The molecular weight excluding hydrogens is 372 g/mol. The molecule has 6 nitrogen and oxygen atoms in total. The van der Waals surface area contributed by atoms with Gasteiger partial charge < -0.3 is 9.64 Å². The number of thiazole rings is 1. The van der Waals surface area contributed by atoms with Gasteiger partial charge in [-0.2, -0.15) is 5.26 Å². The monoisotopic (exact) mass is 390 g/mol. The molecule has 2 aromatic rings. The lowest BCUT2D eigenvalue weighted by molar-refractivity contribution is 0.0606. The average Bonchev–Trinajstić information content (AvgIpc) is 3.03. The van der Waals surface area contributed by atoms with Crippen LogP contribution in [0.4, 0.5) is 5.13 Å². The smallest absolute Gasteiger partial charge is 0.351 e. The molecule has 0 amide bonds. The van der Waals surface area contributed by atoms with Gasteiger partial charge in [0.2, 0.25) is 0 Å². The minimum absolute atomic E-state index is 0.198. The summed E-state index contributed by atoms with van der Waals surface area (Å²) >= 11 is 7.36. The normalized spacial score (nSPS) is 17.8. The number of methoxy groups -OCH3 is 1. The first-order valence-electron chi connectivity index (χ1n) is 8.24. The summed E-state index contributed by atoms with van der Waals surface area (Å²) in [5.74, 6) is -0.453. The summed E-state index contributed by atoms with van der Waals surface area (Å²) in [6.07, 6.45) is 0. The van der Waals surface area contributed by atoms with Gasteiger partial charge in [0.1, 0.15) is 0 Å². The van der Waals surface area contributed by atoms with Gasteiger partial charge in [0, 0.05) is 32.2 Å². The molecule has 3 rings (SSSR count). The summed E-state index contributed by atoms with van der Waals surface area (Å²) in [6, 6.07) is 10.1. The Balaban J connectivity index is 1.65. The van der Waals surface area contributed by atoms with Crippen molar-refractivity contribution >= 4 is 34.0 Å². The Morgan fingerprint density at radius 1 is 1.42 bits per heavy atom. The summed E-state index contributed by atoms with van der Waals surface area (Å²) in [4.78, 5) is 21.0. The zero-order valence-electron chi connectivity index (χ0n) is 14.6. The van der Waals surface area contributed by atoms with E-state index in [1.54, 1.807) is 0 Å². The zero-order chi connectivity index (χ0) is 18.7. The van der Waals surface area contributed by atoms with Gasteiger partial charge in [0.15, 0.2) is 15.2 Å². The maximum Gasteiger partial charge on any atom is 0.351 e. The fourth-order valence-corrected chi connectivity index (χ4v) is 4.36. The van der Waals surface area contributed by atoms with Crippen LogP contribution in [0.1, 0.15) is 27.7 Å².